The number of likely N-dealkylation sites (tertiary alicyclic amines) is 1. The number of hydrogen-bond acceptors (Lipinski definition) is 3. The van der Waals surface area contributed by atoms with Gasteiger partial charge in [-0.3, -0.25) is 9.58 Å². The molecule has 1 unspecified atom stereocenters. The van der Waals surface area contributed by atoms with E-state index in [1.807, 2.05) is 6.20 Å². The minimum Gasteiger partial charge on any atom is -0.329 e. The first-order valence-electron chi connectivity index (χ1n) is 6.19. The van der Waals surface area contributed by atoms with Gasteiger partial charge in [0.15, 0.2) is 0 Å². The zero-order valence-electron chi connectivity index (χ0n) is 10.7. The highest BCUT2D eigenvalue weighted by Gasteiger charge is 2.24. The lowest BCUT2D eigenvalue weighted by Gasteiger charge is -2.24. The van der Waals surface area contributed by atoms with Crippen molar-refractivity contribution in [3.63, 3.8) is 0 Å². The number of hydrogen-bond donors (Lipinski definition) is 1. The number of aromatic nitrogens is 2. The smallest absolute Gasteiger partial charge is 0.0527 e. The molecule has 1 fully saturated rings. The van der Waals surface area contributed by atoms with E-state index in [0.29, 0.717) is 12.1 Å². The fraction of sp³-hybridized carbons (Fsp3) is 0.750. The summed E-state index contributed by atoms with van der Waals surface area (Å²) in [5.41, 5.74) is 7.09. The SMILES string of the molecule is CC(C)n1nccc1CN1CCCC1CN.Cl. The monoisotopic (exact) mass is 258 g/mol. The molecular weight excluding hydrogens is 236 g/mol. The van der Waals surface area contributed by atoms with Crippen LogP contribution >= 0.6 is 12.4 Å². The molecule has 0 saturated carbocycles. The van der Waals surface area contributed by atoms with E-state index in [2.05, 4.69) is 34.6 Å². The fourth-order valence-electron chi connectivity index (χ4n) is 2.51. The summed E-state index contributed by atoms with van der Waals surface area (Å²) in [6.07, 6.45) is 4.41. The Bertz CT molecular complexity index is 337. The molecule has 0 radical (unpaired) electrons. The highest BCUT2D eigenvalue weighted by molar-refractivity contribution is 5.85. The highest BCUT2D eigenvalue weighted by atomic mass is 35.5. The van der Waals surface area contributed by atoms with E-state index in [-0.39, 0.29) is 12.4 Å². The Hall–Kier alpha value is -0.580. The Morgan fingerprint density at radius 3 is 2.94 bits per heavy atom. The summed E-state index contributed by atoms with van der Waals surface area (Å²) in [6, 6.07) is 3.12. The number of rotatable bonds is 4. The lowest BCUT2D eigenvalue weighted by Crippen LogP contribution is -2.35. The molecular formula is C12H23ClN4. The van der Waals surface area contributed by atoms with Crippen molar-refractivity contribution in [2.45, 2.75) is 45.3 Å². The van der Waals surface area contributed by atoms with E-state index in [4.69, 9.17) is 5.73 Å². The fourth-order valence-corrected chi connectivity index (χ4v) is 2.51. The molecule has 17 heavy (non-hydrogen) atoms. The van der Waals surface area contributed by atoms with Crippen molar-refractivity contribution in [2.24, 2.45) is 5.73 Å². The second kappa shape index (κ2) is 6.38. The Labute approximate surface area is 110 Å². The van der Waals surface area contributed by atoms with Crippen LogP contribution in [0.3, 0.4) is 0 Å². The topological polar surface area (TPSA) is 47.1 Å². The third-order valence-corrected chi connectivity index (χ3v) is 3.38. The zero-order valence-corrected chi connectivity index (χ0v) is 11.5. The lowest BCUT2D eigenvalue weighted by molar-refractivity contribution is 0.240. The predicted molar refractivity (Wildman–Crippen MR) is 72.3 cm³/mol. The first-order chi connectivity index (χ1) is 7.72. The van der Waals surface area contributed by atoms with Gasteiger partial charge in [0.25, 0.3) is 0 Å². The van der Waals surface area contributed by atoms with Crippen LogP contribution in [0.25, 0.3) is 0 Å². The number of nitrogens with zero attached hydrogens (tertiary/aromatic N) is 3. The van der Waals surface area contributed by atoms with Crippen molar-refractivity contribution in [2.75, 3.05) is 13.1 Å². The summed E-state index contributed by atoms with van der Waals surface area (Å²) in [6.45, 7) is 7.27. The van der Waals surface area contributed by atoms with Gasteiger partial charge in [-0.1, -0.05) is 0 Å². The quantitative estimate of drug-likeness (QED) is 0.896. The van der Waals surface area contributed by atoms with Crippen LogP contribution in [0.5, 0.6) is 0 Å². The van der Waals surface area contributed by atoms with Crippen LogP contribution in [0.15, 0.2) is 12.3 Å². The Morgan fingerprint density at radius 2 is 2.29 bits per heavy atom. The van der Waals surface area contributed by atoms with E-state index < -0.39 is 0 Å². The van der Waals surface area contributed by atoms with Crippen LogP contribution in [-0.2, 0) is 6.54 Å². The molecule has 0 bridgehead atoms. The van der Waals surface area contributed by atoms with Crippen LogP contribution < -0.4 is 5.73 Å². The summed E-state index contributed by atoms with van der Waals surface area (Å²) in [7, 11) is 0. The van der Waals surface area contributed by atoms with Gasteiger partial charge in [0.2, 0.25) is 0 Å². The molecule has 2 N–H and O–H groups in total. The van der Waals surface area contributed by atoms with Crippen molar-refractivity contribution in [3.05, 3.63) is 18.0 Å². The molecule has 5 heteroatoms. The zero-order chi connectivity index (χ0) is 11.5. The third-order valence-electron chi connectivity index (χ3n) is 3.38. The van der Waals surface area contributed by atoms with Crippen molar-refractivity contribution >= 4 is 12.4 Å². The second-order valence-corrected chi connectivity index (χ2v) is 4.86. The van der Waals surface area contributed by atoms with Gasteiger partial charge in [-0.05, 0) is 39.3 Å². The van der Waals surface area contributed by atoms with Gasteiger partial charge in [-0.15, -0.1) is 12.4 Å². The molecule has 0 aromatic carbocycles. The molecule has 1 aliphatic heterocycles. The minimum atomic E-state index is 0. The van der Waals surface area contributed by atoms with Gasteiger partial charge in [-0.25, -0.2) is 0 Å². The van der Waals surface area contributed by atoms with Crippen LogP contribution in [0.4, 0.5) is 0 Å². The Morgan fingerprint density at radius 1 is 1.53 bits per heavy atom. The number of nitrogens with two attached hydrogens (primary N) is 1. The van der Waals surface area contributed by atoms with Gasteiger partial charge in [-0.2, -0.15) is 5.10 Å². The normalized spacial score (nSPS) is 20.8. The summed E-state index contributed by atoms with van der Waals surface area (Å²) in [5.74, 6) is 0. The van der Waals surface area contributed by atoms with E-state index >= 15 is 0 Å². The molecule has 1 atom stereocenters. The van der Waals surface area contributed by atoms with Crippen molar-refractivity contribution in [1.82, 2.24) is 14.7 Å². The Balaban J connectivity index is 0.00000144. The summed E-state index contributed by atoms with van der Waals surface area (Å²) < 4.78 is 2.10. The standard InChI is InChI=1S/C12H22N4.ClH/c1-10(2)16-12(5-6-14-16)9-15-7-3-4-11(15)8-13;/h5-6,10-11H,3-4,7-9,13H2,1-2H3;1H. The predicted octanol–water partition coefficient (Wildman–Crippen LogP) is 1.81. The molecule has 98 valence electrons. The molecule has 1 aromatic rings. The molecule has 0 spiro atoms. The Kier molecular flexibility index (Phi) is 5.43. The molecule has 0 aliphatic carbocycles. The summed E-state index contributed by atoms with van der Waals surface area (Å²) in [4.78, 5) is 2.48. The molecule has 2 heterocycles. The van der Waals surface area contributed by atoms with Gasteiger partial charge in [0.1, 0.15) is 0 Å². The van der Waals surface area contributed by atoms with E-state index in [9.17, 15) is 0 Å². The maximum absolute atomic E-state index is 5.79. The molecule has 2 rings (SSSR count). The van der Waals surface area contributed by atoms with Crippen LogP contribution in [0.1, 0.15) is 38.4 Å². The highest BCUT2D eigenvalue weighted by Crippen LogP contribution is 2.20. The summed E-state index contributed by atoms with van der Waals surface area (Å²) >= 11 is 0. The van der Waals surface area contributed by atoms with Gasteiger partial charge in [0.05, 0.1) is 5.69 Å². The maximum Gasteiger partial charge on any atom is 0.0527 e. The van der Waals surface area contributed by atoms with Gasteiger partial charge < -0.3 is 5.73 Å². The maximum atomic E-state index is 5.79. The minimum absolute atomic E-state index is 0. The van der Waals surface area contributed by atoms with E-state index in [1.54, 1.807) is 0 Å². The van der Waals surface area contributed by atoms with Crippen LogP contribution in [0.2, 0.25) is 0 Å². The average molecular weight is 259 g/mol. The molecule has 4 nitrogen and oxygen atoms in total. The molecule has 1 saturated heterocycles. The summed E-state index contributed by atoms with van der Waals surface area (Å²) in [5, 5.41) is 4.37. The average Bonchev–Trinajstić information content (AvgIpc) is 2.86. The van der Waals surface area contributed by atoms with E-state index in [1.165, 1.54) is 25.1 Å². The van der Waals surface area contributed by atoms with Crippen LogP contribution in [0, 0.1) is 0 Å². The molecule has 0 amide bonds. The van der Waals surface area contributed by atoms with Crippen molar-refractivity contribution in [3.8, 4) is 0 Å². The van der Waals surface area contributed by atoms with Crippen molar-refractivity contribution in [1.29, 1.82) is 0 Å². The second-order valence-electron chi connectivity index (χ2n) is 4.86. The lowest BCUT2D eigenvalue weighted by atomic mass is 10.2. The van der Waals surface area contributed by atoms with Gasteiger partial charge >= 0.3 is 0 Å². The van der Waals surface area contributed by atoms with Crippen molar-refractivity contribution < 1.29 is 0 Å². The molecule has 1 aliphatic rings. The number of halogens is 1. The van der Waals surface area contributed by atoms with E-state index in [0.717, 1.165) is 13.1 Å². The van der Waals surface area contributed by atoms with Gasteiger partial charge in [0, 0.05) is 31.4 Å². The first kappa shape index (κ1) is 14.5. The largest absolute Gasteiger partial charge is 0.329 e. The third kappa shape index (κ3) is 3.21. The van der Waals surface area contributed by atoms with Crippen LogP contribution in [-0.4, -0.2) is 33.8 Å². The first-order valence-corrected chi connectivity index (χ1v) is 6.19. The molecule has 1 aromatic heterocycles.